The monoisotopic (exact) mass is 970 g/mol. The van der Waals surface area contributed by atoms with Gasteiger partial charge in [-0.3, -0.25) is 4.57 Å². The number of aromatic nitrogens is 4. The topological polar surface area (TPSA) is 35.9 Å². The van der Waals surface area contributed by atoms with Crippen LogP contribution in [0.2, 0.25) is 0 Å². The van der Waals surface area contributed by atoms with Crippen molar-refractivity contribution in [2.75, 3.05) is 0 Å². The Balaban J connectivity index is 0.00000576. The van der Waals surface area contributed by atoms with Crippen molar-refractivity contribution in [3.63, 3.8) is 0 Å². The normalized spacial score (nSPS) is 13.4. The molecule has 6 heteroatoms. The summed E-state index contributed by atoms with van der Waals surface area (Å²) in [7, 11) is 0. The zero-order chi connectivity index (χ0) is 45.6. The zero-order valence-corrected chi connectivity index (χ0v) is 37.7. The molecule has 0 aliphatic heterocycles. The van der Waals surface area contributed by atoms with Gasteiger partial charge in [0.15, 0.2) is 0 Å². The van der Waals surface area contributed by atoms with Crippen LogP contribution in [-0.4, -0.2) is 14.1 Å². The van der Waals surface area contributed by atoms with Gasteiger partial charge in [0.1, 0.15) is 5.82 Å². The molecule has 0 N–H and O–H groups in total. The van der Waals surface area contributed by atoms with Gasteiger partial charge in [-0.2, -0.15) is 18.2 Å². The van der Waals surface area contributed by atoms with E-state index >= 15 is 0 Å². The molecule has 9 rings (SSSR count). The Labute approximate surface area is 375 Å². The van der Waals surface area contributed by atoms with Crippen LogP contribution in [0.1, 0.15) is 85.9 Å². The van der Waals surface area contributed by atoms with Gasteiger partial charge < -0.3 is 13.9 Å². The molecule has 0 saturated carbocycles. The number of imidazole rings is 1. The Bertz CT molecular complexity index is 3300. The average molecular weight is 971 g/mol. The molecular weight excluding hydrogens is 916 g/mol. The van der Waals surface area contributed by atoms with Crippen LogP contribution >= 0.6 is 0 Å². The van der Waals surface area contributed by atoms with E-state index in [1.807, 2.05) is 82.1 Å². The van der Waals surface area contributed by atoms with Crippen LogP contribution in [0.5, 0.6) is 11.5 Å². The molecule has 9 aromatic rings. The molecule has 0 amide bonds. The van der Waals surface area contributed by atoms with Gasteiger partial charge in [-0.1, -0.05) is 153 Å². The van der Waals surface area contributed by atoms with E-state index in [1.165, 1.54) is 5.56 Å². The Morgan fingerprint density at radius 1 is 0.650 bits per heavy atom. The van der Waals surface area contributed by atoms with Crippen molar-refractivity contribution >= 4 is 32.8 Å². The molecule has 0 aliphatic rings. The number of rotatable bonds is 6. The van der Waals surface area contributed by atoms with Crippen LogP contribution in [0, 0.1) is 18.5 Å². The summed E-state index contributed by atoms with van der Waals surface area (Å²) < 4.78 is 56.6. The SMILES string of the molecule is [2H]c1c([2H])c([2H])c(-c2cc(C(C)(C)C)cc(C(C)(C)C)c2-[n+]2[c-]n(-c3[c-]c(Oc4[c-]c5c(cc4)c4ccccc4n5-c4cc(C(C)(C)C)ccn4)ccc3)c3ccccc32)c([2H])c1[2H].[Pt]. The summed E-state index contributed by atoms with van der Waals surface area (Å²) in [5.41, 5.74) is 7.82. The first-order valence-electron chi connectivity index (χ1n) is 22.6. The second-order valence-electron chi connectivity index (χ2n) is 18.3. The molecule has 6 aromatic carbocycles. The van der Waals surface area contributed by atoms with Crippen LogP contribution in [0.3, 0.4) is 0 Å². The van der Waals surface area contributed by atoms with E-state index in [-0.39, 0.29) is 61.6 Å². The van der Waals surface area contributed by atoms with Gasteiger partial charge in [-0.25, -0.2) is 4.98 Å². The van der Waals surface area contributed by atoms with Gasteiger partial charge in [-0.15, -0.1) is 29.7 Å². The predicted octanol–water partition coefficient (Wildman–Crippen LogP) is 13.1. The quantitative estimate of drug-likeness (QED) is 0.123. The van der Waals surface area contributed by atoms with Crippen LogP contribution in [-0.2, 0) is 37.3 Å². The summed E-state index contributed by atoms with van der Waals surface area (Å²) in [4.78, 5) is 4.82. The van der Waals surface area contributed by atoms with E-state index in [0.717, 1.165) is 49.8 Å². The fourth-order valence-electron chi connectivity index (χ4n) is 7.78. The molecular formula is C54H50N4OPt-2. The zero-order valence-electron chi connectivity index (χ0n) is 40.4. The third-order valence-corrected chi connectivity index (χ3v) is 11.0. The number of hydrogen-bond acceptors (Lipinski definition) is 2. The van der Waals surface area contributed by atoms with E-state index in [0.29, 0.717) is 28.4 Å². The van der Waals surface area contributed by atoms with Gasteiger partial charge in [-0.05, 0) is 73.3 Å². The van der Waals surface area contributed by atoms with Crippen LogP contribution < -0.4 is 9.30 Å². The molecule has 5 nitrogen and oxygen atoms in total. The van der Waals surface area contributed by atoms with E-state index in [1.54, 1.807) is 0 Å². The van der Waals surface area contributed by atoms with Crippen molar-refractivity contribution in [3.05, 3.63) is 175 Å². The number of hydrogen-bond donors (Lipinski definition) is 0. The minimum atomic E-state index is -0.433. The standard InChI is InChI=1S/C54H50N4O.Pt/c1-52(2,3)37-28-29-55-50(32-37)58-46-23-14-13-22-42(46)43-27-26-41(34-49(43)58)59-40-21-17-20-39(33-40)56-35-57(48-25-16-15-24-47(48)56)51-44(36-18-11-10-12-19-36)30-38(53(4,5)6)31-45(51)54(7,8)9;/h10-32H,1-9H3;/q-2;/i10D,11D,12D,18D,19D;. The third-order valence-electron chi connectivity index (χ3n) is 11.0. The molecule has 3 aromatic heterocycles. The van der Waals surface area contributed by atoms with Gasteiger partial charge >= 0.3 is 0 Å². The van der Waals surface area contributed by atoms with Crippen LogP contribution in [0.4, 0.5) is 0 Å². The minimum Gasteiger partial charge on any atom is -0.510 e. The van der Waals surface area contributed by atoms with Crippen LogP contribution in [0.25, 0.3) is 61.2 Å². The van der Waals surface area contributed by atoms with E-state index < -0.39 is 11.5 Å². The molecule has 0 bridgehead atoms. The maximum atomic E-state index is 9.14. The number of fused-ring (bicyclic) bond motifs is 4. The molecule has 0 fully saturated rings. The summed E-state index contributed by atoms with van der Waals surface area (Å²) in [6.45, 7) is 19.3. The molecule has 60 heavy (non-hydrogen) atoms. The van der Waals surface area contributed by atoms with Crippen LogP contribution in [0.15, 0.2) is 140 Å². The molecule has 0 radical (unpaired) electrons. The van der Waals surface area contributed by atoms with E-state index in [2.05, 4.69) is 122 Å². The fourth-order valence-corrected chi connectivity index (χ4v) is 7.78. The molecule has 0 saturated heterocycles. The third kappa shape index (κ3) is 7.50. The minimum absolute atomic E-state index is 0. The first-order valence-corrected chi connectivity index (χ1v) is 20.1. The maximum Gasteiger partial charge on any atom is 0.268 e. The van der Waals surface area contributed by atoms with Gasteiger partial charge in [0.05, 0.1) is 23.6 Å². The molecule has 0 spiro atoms. The summed E-state index contributed by atoms with van der Waals surface area (Å²) >= 11 is 0. The van der Waals surface area contributed by atoms with Crippen molar-refractivity contribution in [1.82, 2.24) is 14.1 Å². The molecule has 0 unspecified atom stereocenters. The summed E-state index contributed by atoms with van der Waals surface area (Å²) in [5.74, 6) is 1.80. The number of pyridine rings is 1. The summed E-state index contributed by atoms with van der Waals surface area (Å²) in [5, 5.41) is 2.13. The first-order chi connectivity index (χ1) is 30.2. The molecule has 304 valence electrons. The van der Waals surface area contributed by atoms with Crippen molar-refractivity contribution in [2.45, 2.75) is 78.6 Å². The van der Waals surface area contributed by atoms with Gasteiger partial charge in [0.2, 0.25) is 0 Å². The number of nitrogens with zero attached hydrogens (tertiary/aromatic N) is 4. The van der Waals surface area contributed by atoms with Crippen molar-refractivity contribution in [2.24, 2.45) is 0 Å². The second-order valence-corrected chi connectivity index (χ2v) is 18.3. The first kappa shape index (κ1) is 35.0. The molecule has 3 heterocycles. The fraction of sp³-hybridized carbons (Fsp3) is 0.222. The molecule has 0 atom stereocenters. The second kappa shape index (κ2) is 15.4. The number of para-hydroxylation sites is 3. The van der Waals surface area contributed by atoms with E-state index in [9.17, 15) is 0 Å². The maximum absolute atomic E-state index is 9.14. The Hall–Kier alpha value is -5.77. The Kier molecular flexibility index (Phi) is 8.97. The largest absolute Gasteiger partial charge is 0.510 e. The smallest absolute Gasteiger partial charge is 0.268 e. The number of benzene rings is 6. The van der Waals surface area contributed by atoms with Gasteiger partial charge in [0.25, 0.3) is 6.33 Å². The molecule has 0 aliphatic carbocycles. The van der Waals surface area contributed by atoms with Gasteiger partial charge in [0, 0.05) is 44.3 Å². The van der Waals surface area contributed by atoms with E-state index in [4.69, 9.17) is 16.6 Å². The summed E-state index contributed by atoms with van der Waals surface area (Å²) in [6, 6.07) is 39.7. The average Bonchev–Trinajstić information content (AvgIpc) is 3.80. The van der Waals surface area contributed by atoms with Crippen molar-refractivity contribution in [3.8, 4) is 39.8 Å². The Morgan fingerprint density at radius 2 is 1.35 bits per heavy atom. The van der Waals surface area contributed by atoms with Crippen molar-refractivity contribution in [1.29, 1.82) is 0 Å². The van der Waals surface area contributed by atoms with Crippen molar-refractivity contribution < 1.29 is 37.2 Å². The number of ether oxygens (including phenoxy) is 1. The Morgan fingerprint density at radius 3 is 2.08 bits per heavy atom. The summed E-state index contributed by atoms with van der Waals surface area (Å²) in [6.07, 6.45) is 5.49. The predicted molar refractivity (Wildman–Crippen MR) is 242 cm³/mol.